The molecule has 5 aliphatic carbocycles. The quantitative estimate of drug-likeness (QED) is 0.231. The normalized spacial score (nSPS) is 27.3. The standard InChI is InChI=1S/C41H48FN7O4/c1-24-13-36(50)49(30-5-7-33(42)31(17-30)39(52)44-28-3-4-28)38-32(24)23-43-40(46-38)45-34-8-6-29(18-35(34)53-2)47-9-11-48(12-10-47)37(51)22-41-19-25-14-26(20-41)16-27(15-25)21-41/h5-8,13,17-18,23,25-28,36,50H,3-4,9-12,14-16,19-22H2,1-2H3,(H,44,52)(H,43,45,46). The summed E-state index contributed by atoms with van der Waals surface area (Å²) in [5.74, 6) is 3.09. The number of aliphatic hydroxyl groups is 1. The highest BCUT2D eigenvalue weighted by Crippen LogP contribution is 2.61. The minimum atomic E-state index is -1.10. The van der Waals surface area contributed by atoms with Gasteiger partial charge in [0.25, 0.3) is 5.91 Å². The number of benzene rings is 2. The molecule has 3 heterocycles. The van der Waals surface area contributed by atoms with E-state index in [0.29, 0.717) is 47.5 Å². The number of allylic oxidation sites excluding steroid dienone is 1. The summed E-state index contributed by atoms with van der Waals surface area (Å²) in [7, 11) is 1.62. The lowest BCUT2D eigenvalue weighted by Gasteiger charge is -2.57. The average Bonchev–Trinajstić information content (AvgIpc) is 3.95. The maximum Gasteiger partial charge on any atom is 0.254 e. The number of nitrogens with one attached hydrogen (secondary N) is 2. The number of hydrogen-bond acceptors (Lipinski definition) is 9. The van der Waals surface area contributed by atoms with E-state index in [9.17, 15) is 19.1 Å². The number of hydrogen-bond donors (Lipinski definition) is 3. The Morgan fingerprint density at radius 3 is 2.36 bits per heavy atom. The maximum atomic E-state index is 14.8. The van der Waals surface area contributed by atoms with Gasteiger partial charge in [0.15, 0.2) is 6.23 Å². The molecule has 2 aliphatic heterocycles. The van der Waals surface area contributed by atoms with E-state index in [0.717, 1.165) is 61.4 Å². The van der Waals surface area contributed by atoms with Gasteiger partial charge in [-0.05, 0) is 123 Å². The van der Waals surface area contributed by atoms with Crippen LogP contribution in [0.1, 0.15) is 80.6 Å². The van der Waals surface area contributed by atoms with E-state index in [4.69, 9.17) is 9.72 Å². The van der Waals surface area contributed by atoms with Crippen molar-refractivity contribution < 1.29 is 23.8 Å². The monoisotopic (exact) mass is 721 g/mol. The highest BCUT2D eigenvalue weighted by molar-refractivity contribution is 5.96. The summed E-state index contributed by atoms with van der Waals surface area (Å²) in [5, 5.41) is 17.3. The molecule has 6 fully saturated rings. The van der Waals surface area contributed by atoms with Crippen molar-refractivity contribution in [2.24, 2.45) is 23.2 Å². The largest absolute Gasteiger partial charge is 0.494 e. The Labute approximate surface area is 309 Å². The molecule has 3 aromatic rings. The van der Waals surface area contributed by atoms with Crippen molar-refractivity contribution in [1.82, 2.24) is 20.2 Å². The third-order valence-corrected chi connectivity index (χ3v) is 12.6. The van der Waals surface area contributed by atoms with Crippen molar-refractivity contribution in [3.63, 3.8) is 0 Å². The molecule has 0 radical (unpaired) electrons. The number of nitrogens with zero attached hydrogens (tertiary/aromatic N) is 5. The molecule has 2 amide bonds. The van der Waals surface area contributed by atoms with E-state index in [1.54, 1.807) is 24.3 Å². The fraction of sp³-hybridized carbons (Fsp3) is 0.512. The summed E-state index contributed by atoms with van der Waals surface area (Å²) in [6.07, 6.45) is 12.7. The molecule has 1 saturated heterocycles. The molecule has 0 spiro atoms. The van der Waals surface area contributed by atoms with Crippen LogP contribution in [0.25, 0.3) is 5.57 Å². The minimum Gasteiger partial charge on any atom is -0.494 e. The van der Waals surface area contributed by atoms with E-state index < -0.39 is 18.0 Å². The molecular formula is C41H48FN7O4. The third-order valence-electron chi connectivity index (χ3n) is 12.6. The van der Waals surface area contributed by atoms with Crippen LogP contribution < -0.4 is 25.2 Å². The number of carbonyl (C=O) groups is 2. The molecule has 4 bridgehead atoms. The van der Waals surface area contributed by atoms with Crippen molar-refractivity contribution in [1.29, 1.82) is 0 Å². The first-order valence-electron chi connectivity index (χ1n) is 19.2. The van der Waals surface area contributed by atoms with Crippen molar-refractivity contribution in [3.05, 3.63) is 65.6 Å². The first-order chi connectivity index (χ1) is 25.6. The maximum absolute atomic E-state index is 14.8. The topological polar surface area (TPSA) is 123 Å². The molecule has 1 aromatic heterocycles. The lowest BCUT2D eigenvalue weighted by atomic mass is 9.49. The fourth-order valence-corrected chi connectivity index (χ4v) is 10.3. The van der Waals surface area contributed by atoms with Gasteiger partial charge in [0.2, 0.25) is 11.9 Å². The Bertz CT molecular complexity index is 1940. The number of carbonyl (C=O) groups excluding carboxylic acids is 2. The molecule has 1 unspecified atom stereocenters. The first kappa shape index (κ1) is 34.1. The predicted molar refractivity (Wildman–Crippen MR) is 201 cm³/mol. The first-order valence-corrected chi connectivity index (χ1v) is 19.2. The number of methoxy groups -OCH3 is 1. The third kappa shape index (κ3) is 6.59. The lowest BCUT2D eigenvalue weighted by Crippen LogP contribution is -2.52. The summed E-state index contributed by atoms with van der Waals surface area (Å²) in [6, 6.07) is 10.2. The Morgan fingerprint density at radius 2 is 1.68 bits per heavy atom. The highest BCUT2D eigenvalue weighted by atomic mass is 19.1. The zero-order chi connectivity index (χ0) is 36.4. The van der Waals surface area contributed by atoms with Crippen molar-refractivity contribution >= 4 is 46.2 Å². The van der Waals surface area contributed by atoms with Crippen molar-refractivity contribution in [3.8, 4) is 5.75 Å². The van der Waals surface area contributed by atoms with Gasteiger partial charge in [0.05, 0.1) is 18.4 Å². The summed E-state index contributed by atoms with van der Waals surface area (Å²) >= 11 is 0. The Morgan fingerprint density at radius 1 is 0.981 bits per heavy atom. The van der Waals surface area contributed by atoms with Crippen LogP contribution >= 0.6 is 0 Å². The number of halogens is 1. The molecule has 7 aliphatic rings. The number of piperazine rings is 1. The predicted octanol–water partition coefficient (Wildman–Crippen LogP) is 6.39. The van der Waals surface area contributed by atoms with Gasteiger partial charge >= 0.3 is 0 Å². The summed E-state index contributed by atoms with van der Waals surface area (Å²) < 4.78 is 20.6. The number of anilines is 5. The molecule has 1 atom stereocenters. The zero-order valence-electron chi connectivity index (χ0n) is 30.5. The van der Waals surface area contributed by atoms with Gasteiger partial charge in [-0.15, -0.1) is 0 Å². The number of aliphatic hydroxyl groups excluding tert-OH is 1. The van der Waals surface area contributed by atoms with Gasteiger partial charge in [0, 0.05) is 67.8 Å². The fourth-order valence-electron chi connectivity index (χ4n) is 10.3. The van der Waals surface area contributed by atoms with Gasteiger partial charge in [-0.1, -0.05) is 0 Å². The number of amides is 2. The molecule has 12 heteroatoms. The Hall–Kier alpha value is -4.71. The van der Waals surface area contributed by atoms with Gasteiger partial charge in [-0.2, -0.15) is 4.98 Å². The summed E-state index contributed by atoms with van der Waals surface area (Å²) in [5.41, 5.74) is 3.76. The summed E-state index contributed by atoms with van der Waals surface area (Å²) in [4.78, 5) is 41.7. The van der Waals surface area contributed by atoms with E-state index >= 15 is 0 Å². The van der Waals surface area contributed by atoms with Crippen LogP contribution in [-0.2, 0) is 4.79 Å². The van der Waals surface area contributed by atoms with Crippen LogP contribution in [0.3, 0.4) is 0 Å². The van der Waals surface area contributed by atoms with E-state index in [-0.39, 0.29) is 23.0 Å². The number of ether oxygens (including phenoxy) is 1. The highest BCUT2D eigenvalue weighted by Gasteiger charge is 2.51. The molecule has 11 nitrogen and oxygen atoms in total. The van der Waals surface area contributed by atoms with Gasteiger partial charge in [-0.3, -0.25) is 14.5 Å². The van der Waals surface area contributed by atoms with Crippen molar-refractivity contribution in [2.45, 2.75) is 77.0 Å². The minimum absolute atomic E-state index is 0.0753. The van der Waals surface area contributed by atoms with Crippen LogP contribution in [0.2, 0.25) is 0 Å². The second-order valence-electron chi connectivity index (χ2n) is 16.4. The molecule has 10 rings (SSSR count). The Balaban J connectivity index is 0.887. The van der Waals surface area contributed by atoms with E-state index in [1.165, 1.54) is 56.7 Å². The SMILES string of the molecule is COc1cc(N2CCN(C(=O)CC34CC5CC(CC(C5)C3)C4)CC2)ccc1Nc1ncc2c(n1)N(c1ccc(F)c(C(=O)NC3CC3)c1)C(O)C=C2C. The second-order valence-corrected chi connectivity index (χ2v) is 16.4. The van der Waals surface area contributed by atoms with Crippen LogP contribution in [0, 0.1) is 29.0 Å². The molecular weight excluding hydrogens is 673 g/mol. The zero-order valence-corrected chi connectivity index (χ0v) is 30.5. The number of rotatable bonds is 9. The van der Waals surface area contributed by atoms with Crippen LogP contribution in [0.4, 0.5) is 33.2 Å². The summed E-state index contributed by atoms with van der Waals surface area (Å²) in [6.45, 7) is 4.82. The molecule has 3 N–H and O–H groups in total. The Kier molecular flexibility index (Phi) is 8.55. The average molecular weight is 722 g/mol. The second kappa shape index (κ2) is 13.3. The van der Waals surface area contributed by atoms with Crippen LogP contribution in [0.15, 0.2) is 48.7 Å². The molecule has 53 heavy (non-hydrogen) atoms. The van der Waals surface area contributed by atoms with E-state index in [1.807, 2.05) is 25.1 Å². The molecule has 2 aromatic carbocycles. The van der Waals surface area contributed by atoms with Gasteiger partial charge in [-0.25, -0.2) is 9.37 Å². The molecule has 278 valence electrons. The van der Waals surface area contributed by atoms with Crippen molar-refractivity contribution in [2.75, 3.05) is 48.4 Å². The van der Waals surface area contributed by atoms with Gasteiger partial charge < -0.3 is 30.3 Å². The van der Waals surface area contributed by atoms with E-state index in [2.05, 4.69) is 25.4 Å². The lowest BCUT2D eigenvalue weighted by molar-refractivity contribution is -0.139. The number of aromatic nitrogens is 2. The smallest absolute Gasteiger partial charge is 0.254 e. The van der Waals surface area contributed by atoms with Crippen LogP contribution in [0.5, 0.6) is 5.75 Å². The van der Waals surface area contributed by atoms with Crippen LogP contribution in [-0.4, -0.2) is 77.3 Å². The van der Waals surface area contributed by atoms with Gasteiger partial charge in [0.1, 0.15) is 17.4 Å². The molecule has 5 saturated carbocycles. The number of fused-ring (bicyclic) bond motifs is 1.